The molecule has 0 spiro atoms. The molecule has 0 radical (unpaired) electrons. The molecule has 1 N–H and O–H groups in total. The van der Waals surface area contributed by atoms with Crippen LogP contribution in [0.2, 0.25) is 0 Å². The van der Waals surface area contributed by atoms with Gasteiger partial charge in [-0.1, -0.05) is 59.2 Å². The number of hydrogen-bond acceptors (Lipinski definition) is 2. The summed E-state index contributed by atoms with van der Waals surface area (Å²) in [5, 5.41) is 3.50. The Balaban J connectivity index is 2.26. The van der Waals surface area contributed by atoms with Gasteiger partial charge in [-0.3, -0.25) is 0 Å². The van der Waals surface area contributed by atoms with E-state index in [9.17, 15) is 0 Å². The van der Waals surface area contributed by atoms with Gasteiger partial charge in [0.1, 0.15) is 0 Å². The Hall–Kier alpha value is -0.770. The third-order valence-corrected chi connectivity index (χ3v) is 5.06. The van der Waals surface area contributed by atoms with Crippen LogP contribution in [-0.2, 0) is 6.54 Å². The molecule has 0 fully saturated rings. The van der Waals surface area contributed by atoms with Crippen LogP contribution < -0.4 is 5.32 Å². The fourth-order valence-electron chi connectivity index (χ4n) is 2.13. The van der Waals surface area contributed by atoms with Crippen LogP contribution in [0.15, 0.2) is 50.7 Å². The van der Waals surface area contributed by atoms with E-state index in [1.807, 2.05) is 11.8 Å². The van der Waals surface area contributed by atoms with Crippen molar-refractivity contribution in [2.45, 2.75) is 50.1 Å². The molecule has 0 bridgehead atoms. The lowest BCUT2D eigenvalue weighted by molar-refractivity contribution is 0.584. The third kappa shape index (κ3) is 4.87. The Morgan fingerprint density at radius 2 is 1.76 bits per heavy atom. The molecule has 0 aromatic heterocycles. The fourth-order valence-corrected chi connectivity index (χ4v) is 3.53. The summed E-state index contributed by atoms with van der Waals surface area (Å²) in [4.78, 5) is 2.65. The molecule has 0 unspecified atom stereocenters. The Morgan fingerprint density at radius 3 is 2.43 bits per heavy atom. The highest BCUT2D eigenvalue weighted by molar-refractivity contribution is 9.10. The molecular weight excluding hydrogens is 342 g/mol. The number of aryl methyl sites for hydroxylation is 2. The van der Waals surface area contributed by atoms with E-state index >= 15 is 0 Å². The van der Waals surface area contributed by atoms with Crippen molar-refractivity contribution in [2.24, 2.45) is 0 Å². The van der Waals surface area contributed by atoms with Crippen LogP contribution in [0.1, 0.15) is 30.5 Å². The van der Waals surface area contributed by atoms with Gasteiger partial charge in [-0.05, 0) is 49.2 Å². The summed E-state index contributed by atoms with van der Waals surface area (Å²) >= 11 is 5.42. The quantitative estimate of drug-likeness (QED) is 0.729. The van der Waals surface area contributed by atoms with Gasteiger partial charge in [0.05, 0.1) is 0 Å². The summed E-state index contributed by atoms with van der Waals surface area (Å²) in [6.45, 7) is 9.56. The minimum absolute atomic E-state index is 0.489. The minimum Gasteiger partial charge on any atom is -0.310 e. The first kappa shape index (κ1) is 16.6. The van der Waals surface area contributed by atoms with Crippen molar-refractivity contribution in [3.05, 3.63) is 57.6 Å². The second-order valence-corrected chi connectivity index (χ2v) is 7.66. The Labute approximate surface area is 140 Å². The summed E-state index contributed by atoms with van der Waals surface area (Å²) in [5.41, 5.74) is 3.99. The number of nitrogens with one attached hydrogen (secondary N) is 1. The number of halogens is 1. The number of rotatable bonds is 5. The van der Waals surface area contributed by atoms with Crippen molar-refractivity contribution in [3.63, 3.8) is 0 Å². The second kappa shape index (κ2) is 7.48. The summed E-state index contributed by atoms with van der Waals surface area (Å²) in [6, 6.07) is 13.7. The molecule has 1 nitrogen and oxygen atoms in total. The highest BCUT2D eigenvalue weighted by Crippen LogP contribution is 2.34. The SMILES string of the molecule is Cc1ccc(Sc2ccc(Br)cc2CNC(C)C)c(C)c1. The summed E-state index contributed by atoms with van der Waals surface area (Å²) in [6.07, 6.45) is 0. The molecule has 0 aliphatic heterocycles. The maximum absolute atomic E-state index is 3.58. The average Bonchev–Trinajstić information content (AvgIpc) is 2.41. The maximum Gasteiger partial charge on any atom is 0.0219 e. The zero-order chi connectivity index (χ0) is 15.4. The summed E-state index contributed by atoms with van der Waals surface area (Å²) in [5.74, 6) is 0. The van der Waals surface area contributed by atoms with Crippen LogP contribution in [0.5, 0.6) is 0 Å². The fraction of sp³-hybridized carbons (Fsp3) is 0.333. The van der Waals surface area contributed by atoms with E-state index in [0.717, 1.165) is 11.0 Å². The Bertz CT molecular complexity index is 623. The molecule has 0 aliphatic rings. The van der Waals surface area contributed by atoms with E-state index in [-0.39, 0.29) is 0 Å². The number of hydrogen-bond donors (Lipinski definition) is 1. The molecule has 2 rings (SSSR count). The van der Waals surface area contributed by atoms with Gasteiger partial charge in [0.25, 0.3) is 0 Å². The first-order valence-electron chi connectivity index (χ1n) is 7.22. The van der Waals surface area contributed by atoms with Crippen molar-refractivity contribution >= 4 is 27.7 Å². The van der Waals surface area contributed by atoms with Crippen molar-refractivity contribution < 1.29 is 0 Å². The standard InChI is InChI=1S/C18H22BrNS/c1-12(2)20-11-15-10-16(19)6-8-18(15)21-17-7-5-13(3)9-14(17)4/h5-10,12,20H,11H2,1-4H3. The second-order valence-electron chi connectivity index (χ2n) is 5.66. The monoisotopic (exact) mass is 363 g/mol. The van der Waals surface area contributed by atoms with Crippen LogP contribution in [0.3, 0.4) is 0 Å². The molecule has 21 heavy (non-hydrogen) atoms. The van der Waals surface area contributed by atoms with E-state index in [4.69, 9.17) is 0 Å². The summed E-state index contributed by atoms with van der Waals surface area (Å²) < 4.78 is 1.13. The molecule has 112 valence electrons. The largest absolute Gasteiger partial charge is 0.310 e. The molecule has 0 saturated heterocycles. The summed E-state index contributed by atoms with van der Waals surface area (Å²) in [7, 11) is 0. The van der Waals surface area contributed by atoms with Gasteiger partial charge in [0, 0.05) is 26.9 Å². The molecule has 0 aliphatic carbocycles. The van der Waals surface area contributed by atoms with Crippen molar-refractivity contribution in [1.82, 2.24) is 5.32 Å². The molecule has 2 aromatic rings. The van der Waals surface area contributed by atoms with Gasteiger partial charge < -0.3 is 5.32 Å². The zero-order valence-corrected chi connectivity index (χ0v) is 15.4. The topological polar surface area (TPSA) is 12.0 Å². The zero-order valence-electron chi connectivity index (χ0n) is 13.0. The average molecular weight is 364 g/mol. The van der Waals surface area contributed by atoms with Crippen LogP contribution in [0.25, 0.3) is 0 Å². The lowest BCUT2D eigenvalue weighted by atomic mass is 10.2. The normalized spacial score (nSPS) is 11.1. The molecular formula is C18H22BrNS. The van der Waals surface area contributed by atoms with Crippen molar-refractivity contribution in [3.8, 4) is 0 Å². The van der Waals surface area contributed by atoms with E-state index in [1.54, 1.807) is 0 Å². The number of benzene rings is 2. The van der Waals surface area contributed by atoms with Gasteiger partial charge in [0.2, 0.25) is 0 Å². The predicted octanol–water partition coefficient (Wildman–Crippen LogP) is 5.72. The molecule has 0 atom stereocenters. The van der Waals surface area contributed by atoms with Gasteiger partial charge >= 0.3 is 0 Å². The van der Waals surface area contributed by atoms with Gasteiger partial charge in [-0.15, -0.1) is 0 Å². The van der Waals surface area contributed by atoms with Crippen LogP contribution in [-0.4, -0.2) is 6.04 Å². The van der Waals surface area contributed by atoms with Crippen LogP contribution in [0.4, 0.5) is 0 Å². The van der Waals surface area contributed by atoms with Gasteiger partial charge in [-0.25, -0.2) is 0 Å². The minimum atomic E-state index is 0.489. The molecule has 3 heteroatoms. The molecule has 0 amide bonds. The highest BCUT2D eigenvalue weighted by atomic mass is 79.9. The van der Waals surface area contributed by atoms with E-state index < -0.39 is 0 Å². The van der Waals surface area contributed by atoms with Crippen molar-refractivity contribution in [1.29, 1.82) is 0 Å². The Morgan fingerprint density at radius 1 is 1.05 bits per heavy atom. The first-order valence-corrected chi connectivity index (χ1v) is 8.83. The van der Waals surface area contributed by atoms with E-state index in [1.165, 1.54) is 26.5 Å². The Kier molecular flexibility index (Phi) is 5.91. The molecule has 2 aromatic carbocycles. The van der Waals surface area contributed by atoms with Gasteiger partial charge in [-0.2, -0.15) is 0 Å². The van der Waals surface area contributed by atoms with Crippen molar-refractivity contribution in [2.75, 3.05) is 0 Å². The van der Waals surface area contributed by atoms with E-state index in [0.29, 0.717) is 6.04 Å². The third-order valence-electron chi connectivity index (χ3n) is 3.27. The lowest BCUT2D eigenvalue weighted by Gasteiger charge is -2.14. The maximum atomic E-state index is 3.58. The lowest BCUT2D eigenvalue weighted by Crippen LogP contribution is -2.22. The smallest absolute Gasteiger partial charge is 0.0219 e. The van der Waals surface area contributed by atoms with Crippen LogP contribution in [0, 0.1) is 13.8 Å². The predicted molar refractivity (Wildman–Crippen MR) is 96.2 cm³/mol. The van der Waals surface area contributed by atoms with Gasteiger partial charge in [0.15, 0.2) is 0 Å². The molecule has 0 saturated carbocycles. The first-order chi connectivity index (χ1) is 9.95. The van der Waals surface area contributed by atoms with E-state index in [2.05, 4.69) is 85.3 Å². The molecule has 0 heterocycles. The highest BCUT2D eigenvalue weighted by Gasteiger charge is 2.08. The van der Waals surface area contributed by atoms with Crippen LogP contribution >= 0.6 is 27.7 Å².